The van der Waals surface area contributed by atoms with Crippen LogP contribution in [-0.2, 0) is 0 Å². The maximum atomic E-state index is 11.0. The molecule has 2 aromatic rings. The van der Waals surface area contributed by atoms with Crippen LogP contribution < -0.4 is 0 Å². The van der Waals surface area contributed by atoms with E-state index >= 15 is 0 Å². The molecule has 0 radical (unpaired) electrons. The first-order valence-electron chi connectivity index (χ1n) is 5.36. The van der Waals surface area contributed by atoms with Gasteiger partial charge in [-0.15, -0.1) is 0 Å². The highest BCUT2D eigenvalue weighted by Gasteiger charge is 2.15. The van der Waals surface area contributed by atoms with Crippen LogP contribution in [0, 0.1) is 10.1 Å². The van der Waals surface area contributed by atoms with E-state index in [0.717, 1.165) is 6.07 Å². The average Bonchev–Trinajstić information content (AvgIpc) is 2.41. The first-order valence-corrected chi connectivity index (χ1v) is 6.12. The van der Waals surface area contributed by atoms with E-state index < -0.39 is 10.9 Å². The summed E-state index contributed by atoms with van der Waals surface area (Å²) in [5, 5.41) is 20.5. The molecule has 0 amide bonds. The smallest absolute Gasteiger partial charge is 0.335 e. The summed E-state index contributed by atoms with van der Waals surface area (Å²) >= 11 is 11.7. The van der Waals surface area contributed by atoms with Gasteiger partial charge in [0.25, 0.3) is 5.69 Å². The summed E-state index contributed by atoms with van der Waals surface area (Å²) in [5.41, 5.74) is 0.465. The Morgan fingerprint density at radius 3 is 2.30 bits per heavy atom. The van der Waals surface area contributed by atoms with Crippen molar-refractivity contribution in [3.8, 4) is 11.1 Å². The lowest BCUT2D eigenvalue weighted by Gasteiger charge is -2.05. The second kappa shape index (κ2) is 5.48. The van der Waals surface area contributed by atoms with Crippen molar-refractivity contribution in [2.45, 2.75) is 0 Å². The molecule has 0 spiro atoms. The number of aromatic carboxylic acids is 1. The lowest BCUT2D eigenvalue weighted by Crippen LogP contribution is -1.99. The number of nitro groups is 1. The molecule has 2 rings (SSSR count). The molecule has 0 saturated carbocycles. The second-order valence-corrected chi connectivity index (χ2v) is 4.77. The minimum atomic E-state index is -1.24. The Balaban J connectivity index is 2.63. The highest BCUT2D eigenvalue weighted by atomic mass is 35.5. The van der Waals surface area contributed by atoms with Crippen LogP contribution in [-0.4, -0.2) is 16.0 Å². The Labute approximate surface area is 123 Å². The number of benzene rings is 2. The van der Waals surface area contributed by atoms with Gasteiger partial charge in [0.1, 0.15) is 0 Å². The van der Waals surface area contributed by atoms with Gasteiger partial charge in [0, 0.05) is 12.1 Å². The van der Waals surface area contributed by atoms with Gasteiger partial charge in [-0.1, -0.05) is 29.3 Å². The predicted octanol–water partition coefficient (Wildman–Crippen LogP) is 4.27. The van der Waals surface area contributed by atoms with Gasteiger partial charge in [-0.05, 0) is 29.3 Å². The number of nitro benzene ring substituents is 1. The molecular formula is C13H7Cl2NO4. The Morgan fingerprint density at radius 1 is 1.05 bits per heavy atom. The van der Waals surface area contributed by atoms with Crippen LogP contribution in [0.5, 0.6) is 0 Å². The van der Waals surface area contributed by atoms with Crippen molar-refractivity contribution in [1.82, 2.24) is 0 Å². The minimum Gasteiger partial charge on any atom is -0.478 e. The molecule has 0 fully saturated rings. The highest BCUT2D eigenvalue weighted by molar-refractivity contribution is 6.42. The van der Waals surface area contributed by atoms with Gasteiger partial charge in [0.2, 0.25) is 0 Å². The van der Waals surface area contributed by atoms with Gasteiger partial charge in [-0.3, -0.25) is 10.1 Å². The Morgan fingerprint density at radius 2 is 1.75 bits per heavy atom. The molecule has 2 aromatic carbocycles. The quantitative estimate of drug-likeness (QED) is 0.678. The third kappa shape index (κ3) is 2.89. The molecule has 5 nitrogen and oxygen atoms in total. The number of carboxylic acid groups (broad SMARTS) is 1. The summed E-state index contributed by atoms with van der Waals surface area (Å²) in [4.78, 5) is 21.2. The van der Waals surface area contributed by atoms with E-state index in [1.807, 2.05) is 0 Å². The molecular weight excluding hydrogens is 305 g/mol. The summed E-state index contributed by atoms with van der Waals surface area (Å²) in [5.74, 6) is -1.24. The predicted molar refractivity (Wildman–Crippen MR) is 75.5 cm³/mol. The van der Waals surface area contributed by atoms with Crippen molar-refractivity contribution in [1.29, 1.82) is 0 Å². The molecule has 7 heteroatoms. The molecule has 1 N–H and O–H groups in total. The number of carbonyl (C=O) groups is 1. The zero-order chi connectivity index (χ0) is 14.9. The summed E-state index contributed by atoms with van der Waals surface area (Å²) < 4.78 is 0. The molecule has 0 unspecified atom stereocenters. The van der Waals surface area contributed by atoms with Crippen molar-refractivity contribution >= 4 is 34.9 Å². The Kier molecular flexibility index (Phi) is 3.92. The lowest BCUT2D eigenvalue weighted by atomic mass is 10.0. The topological polar surface area (TPSA) is 80.4 Å². The van der Waals surface area contributed by atoms with Crippen molar-refractivity contribution in [3.05, 3.63) is 62.1 Å². The van der Waals surface area contributed by atoms with E-state index in [0.29, 0.717) is 16.1 Å². The maximum Gasteiger partial charge on any atom is 0.335 e. The zero-order valence-electron chi connectivity index (χ0n) is 9.84. The highest BCUT2D eigenvalue weighted by Crippen LogP contribution is 2.31. The van der Waals surface area contributed by atoms with Crippen molar-refractivity contribution in [2.24, 2.45) is 0 Å². The van der Waals surface area contributed by atoms with Gasteiger partial charge >= 0.3 is 5.97 Å². The van der Waals surface area contributed by atoms with Crippen molar-refractivity contribution in [2.75, 3.05) is 0 Å². The van der Waals surface area contributed by atoms with Crippen LogP contribution >= 0.6 is 23.2 Å². The molecule has 20 heavy (non-hydrogen) atoms. The van der Waals surface area contributed by atoms with E-state index in [1.165, 1.54) is 18.2 Å². The number of hydrogen-bond donors (Lipinski definition) is 1. The number of non-ortho nitro benzene ring substituents is 1. The average molecular weight is 312 g/mol. The Hall–Kier alpha value is -2.11. The third-order valence-corrected chi connectivity index (χ3v) is 3.37. The first kappa shape index (κ1) is 14.3. The number of carboxylic acids is 1. The SMILES string of the molecule is O=C(O)c1cc(-c2ccc(Cl)c(Cl)c2)cc([N+](=O)[O-])c1. The molecule has 0 bridgehead atoms. The fraction of sp³-hybridized carbons (Fsp3) is 0. The first-order chi connectivity index (χ1) is 9.38. The van der Waals surface area contributed by atoms with Crippen LogP contribution in [0.4, 0.5) is 5.69 Å². The summed E-state index contributed by atoms with van der Waals surface area (Å²) in [6, 6.07) is 8.30. The van der Waals surface area contributed by atoms with Crippen LogP contribution in [0.3, 0.4) is 0 Å². The lowest BCUT2D eigenvalue weighted by molar-refractivity contribution is -0.384. The van der Waals surface area contributed by atoms with E-state index in [1.54, 1.807) is 12.1 Å². The van der Waals surface area contributed by atoms with E-state index in [2.05, 4.69) is 0 Å². The van der Waals surface area contributed by atoms with Crippen LogP contribution in [0.15, 0.2) is 36.4 Å². The standard InChI is InChI=1S/C13H7Cl2NO4/c14-11-2-1-7(6-12(11)15)8-3-9(13(17)18)5-10(4-8)16(19)20/h1-6H,(H,17,18). The molecule has 0 heterocycles. The van der Waals surface area contributed by atoms with E-state index in [9.17, 15) is 14.9 Å². The largest absolute Gasteiger partial charge is 0.478 e. The Bertz CT molecular complexity index is 683. The molecule has 0 atom stereocenters. The summed E-state index contributed by atoms with van der Waals surface area (Å²) in [7, 11) is 0. The molecule has 0 aromatic heterocycles. The normalized spacial score (nSPS) is 10.3. The zero-order valence-corrected chi connectivity index (χ0v) is 11.4. The van der Waals surface area contributed by atoms with Gasteiger partial charge in [-0.2, -0.15) is 0 Å². The van der Waals surface area contributed by atoms with Gasteiger partial charge < -0.3 is 5.11 Å². The molecule has 0 aliphatic heterocycles. The number of rotatable bonds is 3. The van der Waals surface area contributed by atoms with Gasteiger partial charge in [0.05, 0.1) is 20.5 Å². The summed E-state index contributed by atoms with van der Waals surface area (Å²) in [6.07, 6.45) is 0. The van der Waals surface area contributed by atoms with E-state index in [4.69, 9.17) is 28.3 Å². The molecule has 0 aliphatic carbocycles. The monoisotopic (exact) mass is 311 g/mol. The van der Waals surface area contributed by atoms with Crippen molar-refractivity contribution < 1.29 is 14.8 Å². The third-order valence-electron chi connectivity index (χ3n) is 2.63. The molecule has 102 valence electrons. The van der Waals surface area contributed by atoms with E-state index in [-0.39, 0.29) is 16.3 Å². The number of halogens is 2. The summed E-state index contributed by atoms with van der Waals surface area (Å²) in [6.45, 7) is 0. The molecule has 0 aliphatic rings. The van der Waals surface area contributed by atoms with Crippen LogP contribution in [0.25, 0.3) is 11.1 Å². The maximum absolute atomic E-state index is 11.0. The van der Waals surface area contributed by atoms with Crippen molar-refractivity contribution in [3.63, 3.8) is 0 Å². The van der Waals surface area contributed by atoms with Gasteiger partial charge in [-0.25, -0.2) is 4.79 Å². The fourth-order valence-electron chi connectivity index (χ4n) is 1.68. The number of hydrogen-bond acceptors (Lipinski definition) is 3. The van der Waals surface area contributed by atoms with Crippen LogP contribution in [0.1, 0.15) is 10.4 Å². The minimum absolute atomic E-state index is 0.166. The number of nitrogens with zero attached hydrogens (tertiary/aromatic N) is 1. The second-order valence-electron chi connectivity index (χ2n) is 3.96. The van der Waals surface area contributed by atoms with Gasteiger partial charge in [0.15, 0.2) is 0 Å². The van der Waals surface area contributed by atoms with Crippen LogP contribution in [0.2, 0.25) is 10.0 Å². The fourth-order valence-corrected chi connectivity index (χ4v) is 1.98. The molecule has 0 saturated heterocycles.